The summed E-state index contributed by atoms with van der Waals surface area (Å²) < 4.78 is 11.3. The molecule has 0 aromatic rings. The Kier molecular flexibility index (Phi) is 6.92. The van der Waals surface area contributed by atoms with E-state index in [0.29, 0.717) is 12.0 Å². The zero-order valence-electron chi connectivity index (χ0n) is 13.2. The van der Waals surface area contributed by atoms with Crippen molar-refractivity contribution in [3.8, 4) is 0 Å². The van der Waals surface area contributed by atoms with Crippen molar-refractivity contribution in [2.75, 3.05) is 19.8 Å². The lowest BCUT2D eigenvalue weighted by molar-refractivity contribution is -0.139. The molecule has 0 aliphatic carbocycles. The Morgan fingerprint density at radius 1 is 1.35 bits per heavy atom. The van der Waals surface area contributed by atoms with Crippen molar-refractivity contribution in [1.29, 1.82) is 0 Å². The average molecular weight is 300 g/mol. The smallest absolute Gasteiger partial charge is 0.333 e. The number of esters is 1. The van der Waals surface area contributed by atoms with Crippen LogP contribution in [-0.4, -0.2) is 44.9 Å². The molecule has 1 unspecified atom stereocenters. The molecule has 1 rings (SSSR count). The summed E-state index contributed by atoms with van der Waals surface area (Å²) in [6.07, 6.45) is 3.77. The molecule has 1 aliphatic heterocycles. The Labute approximate surface area is 123 Å². The fraction of sp³-hybridized carbons (Fsp3) is 0.800. The van der Waals surface area contributed by atoms with E-state index < -0.39 is 8.80 Å². The lowest BCUT2D eigenvalue weighted by atomic mass is 9.97. The van der Waals surface area contributed by atoms with Crippen LogP contribution in [0.3, 0.4) is 0 Å². The fourth-order valence-electron chi connectivity index (χ4n) is 2.81. The van der Waals surface area contributed by atoms with Gasteiger partial charge in [-0.1, -0.05) is 13.1 Å². The number of rotatable bonds is 6. The van der Waals surface area contributed by atoms with E-state index in [1.165, 1.54) is 0 Å². The number of hydrogen-bond acceptors (Lipinski definition) is 4. The van der Waals surface area contributed by atoms with Gasteiger partial charge in [-0.15, -0.1) is 0 Å². The number of carbonyl (C=O) groups is 1. The Bertz CT molecular complexity index is 357. The van der Waals surface area contributed by atoms with E-state index in [0.717, 1.165) is 31.4 Å². The maximum atomic E-state index is 12.1. The molecule has 5 heteroatoms. The maximum Gasteiger partial charge on any atom is 0.333 e. The number of aliphatic hydroxyl groups excluding tert-OH is 1. The predicted octanol–water partition coefficient (Wildman–Crippen LogP) is 2.21. The standard InChI is InChI=1S/C15H28O4Si/c1-12(14(17)18-10-7-9-16)13(2)15(20(3)4)8-5-6-11-19-15/h16,20H,5-11H2,1-4H3. The van der Waals surface area contributed by atoms with Gasteiger partial charge in [-0.3, -0.25) is 0 Å². The van der Waals surface area contributed by atoms with Crippen molar-refractivity contribution in [3.05, 3.63) is 11.1 Å². The predicted molar refractivity (Wildman–Crippen MR) is 82.4 cm³/mol. The Morgan fingerprint density at radius 2 is 2.05 bits per heavy atom. The minimum Gasteiger partial charge on any atom is -0.462 e. The summed E-state index contributed by atoms with van der Waals surface area (Å²) in [5.74, 6) is -0.279. The van der Waals surface area contributed by atoms with Crippen molar-refractivity contribution < 1.29 is 19.4 Å². The van der Waals surface area contributed by atoms with Gasteiger partial charge in [0.15, 0.2) is 0 Å². The van der Waals surface area contributed by atoms with E-state index in [2.05, 4.69) is 13.1 Å². The van der Waals surface area contributed by atoms with Crippen LogP contribution in [0.1, 0.15) is 39.5 Å². The lowest BCUT2D eigenvalue weighted by Gasteiger charge is -2.42. The van der Waals surface area contributed by atoms with Gasteiger partial charge in [-0.25, -0.2) is 4.79 Å². The molecule has 1 fully saturated rings. The molecule has 0 amide bonds. The fourth-order valence-corrected chi connectivity index (χ4v) is 5.12. The highest BCUT2D eigenvalue weighted by atomic mass is 28.3. The molecule has 20 heavy (non-hydrogen) atoms. The highest BCUT2D eigenvalue weighted by molar-refractivity contribution is 6.60. The number of aliphatic hydroxyl groups is 1. The van der Waals surface area contributed by atoms with Crippen LogP contribution >= 0.6 is 0 Å². The van der Waals surface area contributed by atoms with E-state index in [9.17, 15) is 4.79 Å². The quantitative estimate of drug-likeness (QED) is 0.354. The van der Waals surface area contributed by atoms with Crippen LogP contribution in [0.4, 0.5) is 0 Å². The van der Waals surface area contributed by atoms with Gasteiger partial charge >= 0.3 is 5.97 Å². The van der Waals surface area contributed by atoms with Gasteiger partial charge in [0.05, 0.1) is 20.6 Å². The van der Waals surface area contributed by atoms with Crippen molar-refractivity contribution in [2.45, 2.75) is 57.8 Å². The lowest BCUT2D eigenvalue weighted by Crippen LogP contribution is -2.49. The number of ether oxygens (including phenoxy) is 2. The Morgan fingerprint density at radius 3 is 2.55 bits per heavy atom. The molecule has 4 nitrogen and oxygen atoms in total. The van der Waals surface area contributed by atoms with Gasteiger partial charge in [-0.2, -0.15) is 0 Å². The van der Waals surface area contributed by atoms with Crippen molar-refractivity contribution in [3.63, 3.8) is 0 Å². The number of carbonyl (C=O) groups excluding carboxylic acids is 1. The van der Waals surface area contributed by atoms with Crippen molar-refractivity contribution >= 4 is 14.8 Å². The number of hydrogen-bond donors (Lipinski definition) is 1. The summed E-state index contributed by atoms with van der Waals surface area (Å²) >= 11 is 0. The maximum absolute atomic E-state index is 12.1. The van der Waals surface area contributed by atoms with Gasteiger partial charge in [0.1, 0.15) is 0 Å². The molecule has 1 atom stereocenters. The van der Waals surface area contributed by atoms with E-state index >= 15 is 0 Å². The molecule has 0 aromatic heterocycles. The van der Waals surface area contributed by atoms with Crippen LogP contribution in [0.25, 0.3) is 0 Å². The van der Waals surface area contributed by atoms with Crippen LogP contribution in [0, 0.1) is 0 Å². The summed E-state index contributed by atoms with van der Waals surface area (Å²) in [6, 6.07) is 0. The molecule has 0 aromatic carbocycles. The molecule has 0 spiro atoms. The third-order valence-corrected chi connectivity index (χ3v) is 7.03. The zero-order chi connectivity index (χ0) is 15.2. The first-order valence-corrected chi connectivity index (χ1v) is 10.4. The van der Waals surface area contributed by atoms with Gasteiger partial charge in [-0.05, 0) is 38.7 Å². The van der Waals surface area contributed by atoms with Crippen LogP contribution < -0.4 is 0 Å². The normalized spacial score (nSPS) is 24.5. The Hall–Kier alpha value is -0.653. The Balaban J connectivity index is 2.88. The van der Waals surface area contributed by atoms with Crippen LogP contribution in [0.2, 0.25) is 13.1 Å². The summed E-state index contributed by atoms with van der Waals surface area (Å²) in [5, 5.41) is 8.53. The van der Waals surface area contributed by atoms with Crippen molar-refractivity contribution in [2.24, 2.45) is 0 Å². The molecule has 1 saturated heterocycles. The summed E-state index contributed by atoms with van der Waals surface area (Å²) in [5.41, 5.74) is 1.72. The molecule has 0 radical (unpaired) electrons. The van der Waals surface area contributed by atoms with E-state index in [1.54, 1.807) is 0 Å². The van der Waals surface area contributed by atoms with Gasteiger partial charge in [0, 0.05) is 25.2 Å². The summed E-state index contributed by atoms with van der Waals surface area (Å²) in [6.45, 7) is 9.50. The summed E-state index contributed by atoms with van der Waals surface area (Å²) in [4.78, 5) is 12.1. The van der Waals surface area contributed by atoms with Gasteiger partial charge < -0.3 is 14.6 Å². The third-order valence-electron chi connectivity index (χ3n) is 4.27. The second-order valence-electron chi connectivity index (χ2n) is 5.81. The molecular weight excluding hydrogens is 272 g/mol. The zero-order valence-corrected chi connectivity index (χ0v) is 14.4. The van der Waals surface area contributed by atoms with E-state index in [4.69, 9.17) is 14.6 Å². The first-order valence-electron chi connectivity index (χ1n) is 7.55. The average Bonchev–Trinajstić information content (AvgIpc) is 2.46. The molecule has 0 saturated carbocycles. The van der Waals surface area contributed by atoms with E-state index in [1.807, 2.05) is 13.8 Å². The minimum absolute atomic E-state index is 0.0426. The molecule has 116 valence electrons. The first-order chi connectivity index (χ1) is 9.45. The SMILES string of the molecule is CC(C(=O)OCCCO)=C(C)C1([SiH](C)C)CCCCO1. The highest BCUT2D eigenvalue weighted by Crippen LogP contribution is 2.36. The minimum atomic E-state index is -1.10. The van der Waals surface area contributed by atoms with Crippen molar-refractivity contribution in [1.82, 2.24) is 0 Å². The van der Waals surface area contributed by atoms with Gasteiger partial charge in [0.2, 0.25) is 0 Å². The second kappa shape index (κ2) is 7.95. The largest absolute Gasteiger partial charge is 0.462 e. The second-order valence-corrected chi connectivity index (χ2v) is 9.05. The van der Waals surface area contributed by atoms with E-state index in [-0.39, 0.29) is 24.4 Å². The summed E-state index contributed by atoms with van der Waals surface area (Å²) in [7, 11) is -1.10. The van der Waals surface area contributed by atoms with Crippen LogP contribution in [0.15, 0.2) is 11.1 Å². The van der Waals surface area contributed by atoms with Crippen LogP contribution in [0.5, 0.6) is 0 Å². The molecule has 1 aliphatic rings. The van der Waals surface area contributed by atoms with Crippen LogP contribution in [-0.2, 0) is 14.3 Å². The third kappa shape index (κ3) is 3.93. The highest BCUT2D eigenvalue weighted by Gasteiger charge is 2.40. The molecular formula is C15H28O4Si. The first kappa shape index (κ1) is 17.4. The molecule has 1 heterocycles. The topological polar surface area (TPSA) is 55.8 Å². The molecule has 0 bridgehead atoms. The monoisotopic (exact) mass is 300 g/mol. The van der Waals surface area contributed by atoms with Gasteiger partial charge in [0.25, 0.3) is 0 Å². The molecule has 1 N–H and O–H groups in total.